The van der Waals surface area contributed by atoms with Crippen LogP contribution < -0.4 is 10.1 Å². The van der Waals surface area contributed by atoms with E-state index in [0.717, 1.165) is 18.7 Å². The van der Waals surface area contributed by atoms with Crippen molar-refractivity contribution < 1.29 is 14.3 Å². The Morgan fingerprint density at radius 3 is 2.62 bits per heavy atom. The fourth-order valence-electron chi connectivity index (χ4n) is 4.02. The number of ether oxygens (including phenoxy) is 1. The van der Waals surface area contributed by atoms with Crippen molar-refractivity contribution in [2.75, 3.05) is 33.2 Å². The van der Waals surface area contributed by atoms with Gasteiger partial charge in [-0.15, -0.1) is 0 Å². The van der Waals surface area contributed by atoms with Gasteiger partial charge < -0.3 is 15.0 Å². The molecule has 0 aliphatic carbocycles. The average Bonchev–Trinajstić information content (AvgIpc) is 2.88. The number of benzene rings is 1. The number of hydrogen-bond acceptors (Lipinski definition) is 6. The zero-order valence-electron chi connectivity index (χ0n) is 19.5. The molecule has 2 amide bonds. The van der Waals surface area contributed by atoms with Gasteiger partial charge in [0.05, 0.1) is 6.20 Å². The third-order valence-corrected chi connectivity index (χ3v) is 5.93. The van der Waals surface area contributed by atoms with Gasteiger partial charge in [0.25, 0.3) is 5.91 Å². The van der Waals surface area contributed by atoms with Crippen molar-refractivity contribution >= 4 is 11.8 Å². The Bertz CT molecular complexity index is 1120. The number of piperazine rings is 1. The minimum absolute atomic E-state index is 0.188. The SMILES string of the molecule is CNC(=O)[C@H]1CN(CCc2ccccc2)CCN1C(=O)c1cccnc1Oc1ccc(C)nc1. The molecule has 1 aromatic carbocycles. The maximum Gasteiger partial charge on any atom is 0.260 e. The van der Waals surface area contributed by atoms with Gasteiger partial charge >= 0.3 is 0 Å². The van der Waals surface area contributed by atoms with Crippen LogP contribution in [-0.4, -0.2) is 70.9 Å². The Balaban J connectivity index is 1.49. The third-order valence-electron chi connectivity index (χ3n) is 5.93. The topological polar surface area (TPSA) is 87.7 Å². The van der Waals surface area contributed by atoms with Crippen LogP contribution >= 0.6 is 0 Å². The van der Waals surface area contributed by atoms with Gasteiger partial charge in [0, 0.05) is 45.1 Å². The lowest BCUT2D eigenvalue weighted by Gasteiger charge is -2.40. The van der Waals surface area contributed by atoms with Gasteiger partial charge in [-0.2, -0.15) is 0 Å². The normalized spacial score (nSPS) is 16.2. The molecule has 0 saturated carbocycles. The first kappa shape index (κ1) is 23.4. The molecule has 1 fully saturated rings. The van der Waals surface area contributed by atoms with Crippen LogP contribution in [0.4, 0.5) is 0 Å². The number of nitrogens with one attached hydrogen (secondary N) is 1. The van der Waals surface area contributed by atoms with Crippen LogP contribution in [0, 0.1) is 6.92 Å². The number of carbonyl (C=O) groups is 2. The molecule has 2 aromatic heterocycles. The Hall–Kier alpha value is -3.78. The van der Waals surface area contributed by atoms with Gasteiger partial charge in [0.15, 0.2) is 0 Å². The molecule has 0 unspecified atom stereocenters. The molecular formula is C26H29N5O3. The maximum atomic E-state index is 13.6. The Kier molecular flexibility index (Phi) is 7.49. The summed E-state index contributed by atoms with van der Waals surface area (Å²) in [5, 5.41) is 2.71. The van der Waals surface area contributed by atoms with E-state index in [1.165, 1.54) is 5.56 Å². The number of amides is 2. The second-order valence-corrected chi connectivity index (χ2v) is 8.26. The highest BCUT2D eigenvalue weighted by Crippen LogP contribution is 2.25. The minimum Gasteiger partial charge on any atom is -0.437 e. The van der Waals surface area contributed by atoms with E-state index in [0.29, 0.717) is 30.9 Å². The van der Waals surface area contributed by atoms with Crippen molar-refractivity contribution in [2.45, 2.75) is 19.4 Å². The predicted molar refractivity (Wildman–Crippen MR) is 129 cm³/mol. The fraction of sp³-hybridized carbons (Fsp3) is 0.308. The van der Waals surface area contributed by atoms with E-state index in [4.69, 9.17) is 4.74 Å². The highest BCUT2D eigenvalue weighted by Gasteiger charge is 2.36. The maximum absolute atomic E-state index is 13.6. The second kappa shape index (κ2) is 10.9. The molecule has 34 heavy (non-hydrogen) atoms. The van der Waals surface area contributed by atoms with Crippen LogP contribution in [0.5, 0.6) is 11.6 Å². The van der Waals surface area contributed by atoms with Gasteiger partial charge in [-0.25, -0.2) is 4.98 Å². The number of likely N-dealkylation sites (N-methyl/N-ethyl adjacent to an activating group) is 1. The Morgan fingerprint density at radius 1 is 1.06 bits per heavy atom. The molecule has 8 nitrogen and oxygen atoms in total. The highest BCUT2D eigenvalue weighted by atomic mass is 16.5. The van der Waals surface area contributed by atoms with Crippen LogP contribution in [0.25, 0.3) is 0 Å². The van der Waals surface area contributed by atoms with E-state index in [1.54, 1.807) is 42.5 Å². The second-order valence-electron chi connectivity index (χ2n) is 8.26. The van der Waals surface area contributed by atoms with Crippen LogP contribution in [0.3, 0.4) is 0 Å². The summed E-state index contributed by atoms with van der Waals surface area (Å²) in [6.45, 7) is 4.30. The van der Waals surface area contributed by atoms with Gasteiger partial charge in [-0.05, 0) is 43.2 Å². The molecule has 3 heterocycles. The van der Waals surface area contributed by atoms with E-state index in [-0.39, 0.29) is 17.7 Å². The predicted octanol–water partition coefficient (Wildman–Crippen LogP) is 2.69. The summed E-state index contributed by atoms with van der Waals surface area (Å²) in [5.41, 5.74) is 2.43. The number of aryl methyl sites for hydroxylation is 1. The molecule has 0 spiro atoms. The van der Waals surface area contributed by atoms with Crippen molar-refractivity contribution in [3.8, 4) is 11.6 Å². The van der Waals surface area contributed by atoms with Crippen LogP contribution in [0.1, 0.15) is 21.6 Å². The molecule has 0 bridgehead atoms. The molecule has 0 radical (unpaired) electrons. The summed E-state index contributed by atoms with van der Waals surface area (Å²) < 4.78 is 5.88. The number of aromatic nitrogens is 2. The van der Waals surface area contributed by atoms with Crippen LogP contribution in [-0.2, 0) is 11.2 Å². The fourth-order valence-corrected chi connectivity index (χ4v) is 4.02. The lowest BCUT2D eigenvalue weighted by molar-refractivity contribution is -0.127. The molecule has 8 heteroatoms. The molecule has 4 rings (SSSR count). The number of nitrogens with zero attached hydrogens (tertiary/aromatic N) is 4. The Labute approximate surface area is 199 Å². The molecule has 3 aromatic rings. The first-order valence-corrected chi connectivity index (χ1v) is 11.4. The van der Waals surface area contributed by atoms with E-state index in [1.807, 2.05) is 31.2 Å². The summed E-state index contributed by atoms with van der Waals surface area (Å²) in [6.07, 6.45) is 4.06. The van der Waals surface area contributed by atoms with E-state index >= 15 is 0 Å². The first-order valence-electron chi connectivity index (χ1n) is 11.4. The molecule has 1 atom stereocenters. The smallest absolute Gasteiger partial charge is 0.260 e. The van der Waals surface area contributed by atoms with Crippen molar-refractivity contribution in [2.24, 2.45) is 0 Å². The minimum atomic E-state index is -0.601. The quantitative estimate of drug-likeness (QED) is 0.585. The molecule has 1 aliphatic rings. The monoisotopic (exact) mass is 459 g/mol. The van der Waals surface area contributed by atoms with Crippen molar-refractivity contribution in [1.29, 1.82) is 0 Å². The van der Waals surface area contributed by atoms with Crippen molar-refractivity contribution in [3.63, 3.8) is 0 Å². The number of pyridine rings is 2. The molecule has 1 N–H and O–H groups in total. The summed E-state index contributed by atoms with van der Waals surface area (Å²) in [6, 6.07) is 16.6. The van der Waals surface area contributed by atoms with E-state index < -0.39 is 6.04 Å². The molecular weight excluding hydrogens is 430 g/mol. The van der Waals surface area contributed by atoms with Gasteiger partial charge in [-0.3, -0.25) is 19.5 Å². The first-order chi connectivity index (χ1) is 16.5. The molecule has 1 aliphatic heterocycles. The van der Waals surface area contributed by atoms with Crippen molar-refractivity contribution in [3.05, 3.63) is 83.8 Å². The van der Waals surface area contributed by atoms with E-state index in [9.17, 15) is 9.59 Å². The number of rotatable bonds is 7. The third kappa shape index (κ3) is 5.58. The largest absolute Gasteiger partial charge is 0.437 e. The van der Waals surface area contributed by atoms with Gasteiger partial charge in [-0.1, -0.05) is 30.3 Å². The van der Waals surface area contributed by atoms with Gasteiger partial charge in [0.2, 0.25) is 11.8 Å². The van der Waals surface area contributed by atoms with Gasteiger partial charge in [0.1, 0.15) is 17.4 Å². The lowest BCUT2D eigenvalue weighted by Crippen LogP contribution is -2.60. The summed E-state index contributed by atoms with van der Waals surface area (Å²) in [4.78, 5) is 38.7. The zero-order valence-corrected chi connectivity index (χ0v) is 19.5. The summed E-state index contributed by atoms with van der Waals surface area (Å²) in [5.74, 6) is 0.221. The highest BCUT2D eigenvalue weighted by molar-refractivity contribution is 5.99. The number of carbonyl (C=O) groups excluding carboxylic acids is 2. The van der Waals surface area contributed by atoms with E-state index in [2.05, 4.69) is 32.3 Å². The zero-order chi connectivity index (χ0) is 23.9. The van der Waals surface area contributed by atoms with Crippen LogP contribution in [0.15, 0.2) is 67.0 Å². The summed E-state index contributed by atoms with van der Waals surface area (Å²) in [7, 11) is 1.59. The van der Waals surface area contributed by atoms with Crippen molar-refractivity contribution in [1.82, 2.24) is 25.1 Å². The standard InChI is InChI=1S/C26H29N5O3/c1-19-10-11-21(17-29-19)34-25-22(9-6-13-28-25)26(33)31-16-15-30(18-23(31)24(32)27-2)14-12-20-7-4-3-5-8-20/h3-11,13,17,23H,12,14-16,18H2,1-2H3,(H,27,32)/t23-/m1/s1. The Morgan fingerprint density at radius 2 is 1.88 bits per heavy atom. The lowest BCUT2D eigenvalue weighted by atomic mass is 10.1. The molecule has 176 valence electrons. The average molecular weight is 460 g/mol. The summed E-state index contributed by atoms with van der Waals surface area (Å²) >= 11 is 0. The number of hydrogen-bond donors (Lipinski definition) is 1. The molecule has 1 saturated heterocycles. The van der Waals surface area contributed by atoms with Crippen LogP contribution in [0.2, 0.25) is 0 Å².